The minimum Gasteiger partial charge on any atom is -0.462 e. The van der Waals surface area contributed by atoms with E-state index in [-0.39, 0.29) is 35.9 Å². The van der Waals surface area contributed by atoms with Crippen LogP contribution in [0.4, 0.5) is 0 Å². The van der Waals surface area contributed by atoms with Crippen LogP contribution in [-0.2, 0) is 16.0 Å². The number of rotatable bonds is 11. The molecule has 0 bridgehead atoms. The molecule has 0 aromatic heterocycles. The maximum atomic E-state index is 13.5. The molecule has 4 heteroatoms. The summed E-state index contributed by atoms with van der Waals surface area (Å²) in [6, 6.07) is 4.13. The third kappa shape index (κ3) is 6.26. The Morgan fingerprint density at radius 3 is 2.54 bits per heavy atom. The molecule has 2 atom stereocenters. The molecule has 1 heterocycles. The van der Waals surface area contributed by atoms with Crippen molar-refractivity contribution in [2.45, 2.75) is 105 Å². The summed E-state index contributed by atoms with van der Waals surface area (Å²) >= 11 is 0. The van der Waals surface area contributed by atoms with Crippen LogP contribution in [0.15, 0.2) is 36.1 Å². The second-order valence-corrected chi connectivity index (χ2v) is 11.1. The van der Waals surface area contributed by atoms with Gasteiger partial charge in [-0.1, -0.05) is 51.8 Å². The zero-order valence-electron chi connectivity index (χ0n) is 22.7. The molecule has 35 heavy (non-hydrogen) atoms. The van der Waals surface area contributed by atoms with Gasteiger partial charge in [-0.25, -0.2) is 0 Å². The average Bonchev–Trinajstić information content (AvgIpc) is 2.79. The molecule has 2 aliphatic rings. The summed E-state index contributed by atoms with van der Waals surface area (Å²) in [5.41, 5.74) is 2.49. The van der Waals surface area contributed by atoms with Crippen LogP contribution in [0, 0.1) is 17.3 Å². The van der Waals surface area contributed by atoms with Gasteiger partial charge in [0.2, 0.25) is 0 Å². The van der Waals surface area contributed by atoms with Gasteiger partial charge >= 0.3 is 5.97 Å². The Hall–Kier alpha value is -2.36. The Morgan fingerprint density at radius 1 is 1.17 bits per heavy atom. The number of carbonyl (C=O) groups is 2. The van der Waals surface area contributed by atoms with E-state index >= 15 is 0 Å². The number of esters is 1. The van der Waals surface area contributed by atoms with Crippen molar-refractivity contribution in [2.75, 3.05) is 0 Å². The molecule has 1 aliphatic heterocycles. The van der Waals surface area contributed by atoms with Crippen LogP contribution in [0.1, 0.15) is 110 Å². The van der Waals surface area contributed by atoms with Crippen LogP contribution in [0.5, 0.6) is 11.5 Å². The van der Waals surface area contributed by atoms with Crippen LogP contribution < -0.4 is 9.47 Å². The van der Waals surface area contributed by atoms with Gasteiger partial charge in [0.05, 0.1) is 5.41 Å². The molecule has 192 valence electrons. The Morgan fingerprint density at radius 2 is 1.89 bits per heavy atom. The Labute approximate surface area is 212 Å². The number of ketones is 1. The van der Waals surface area contributed by atoms with E-state index in [0.717, 1.165) is 74.0 Å². The van der Waals surface area contributed by atoms with Crippen molar-refractivity contribution in [1.82, 2.24) is 0 Å². The average molecular weight is 481 g/mol. The SMILES string of the molecule is C=C1Oc2cc(CCCCC)cc(OC(=O)C(C)(C)CC(=O)C(CC)CC)c2[C@@H]2C=C(C)CC[C@@H]12. The Bertz CT molecular complexity index is 980. The van der Waals surface area contributed by atoms with Crippen molar-refractivity contribution in [3.05, 3.63) is 47.2 Å². The van der Waals surface area contributed by atoms with E-state index in [4.69, 9.17) is 9.47 Å². The fraction of sp³-hybridized carbons (Fsp3) is 0.613. The number of allylic oxidation sites excluding steroid dienone is 3. The monoisotopic (exact) mass is 480 g/mol. The second kappa shape index (κ2) is 11.6. The number of aryl methyl sites for hydroxylation is 1. The van der Waals surface area contributed by atoms with Crippen molar-refractivity contribution in [3.63, 3.8) is 0 Å². The van der Waals surface area contributed by atoms with E-state index in [9.17, 15) is 9.59 Å². The first-order valence-corrected chi connectivity index (χ1v) is 13.6. The minimum atomic E-state index is -0.901. The lowest BCUT2D eigenvalue weighted by molar-refractivity contribution is -0.147. The number of carbonyl (C=O) groups excluding carboxylic acids is 2. The molecule has 3 rings (SSSR count). The molecule has 0 saturated heterocycles. The molecule has 1 aliphatic carbocycles. The quantitative estimate of drug-likeness (QED) is 0.139. The van der Waals surface area contributed by atoms with E-state index in [1.165, 1.54) is 5.57 Å². The van der Waals surface area contributed by atoms with Gasteiger partial charge in [-0.2, -0.15) is 0 Å². The molecular weight excluding hydrogens is 436 g/mol. The highest BCUT2D eigenvalue weighted by Crippen LogP contribution is 2.51. The Balaban J connectivity index is 1.96. The molecule has 4 nitrogen and oxygen atoms in total. The van der Waals surface area contributed by atoms with Crippen molar-refractivity contribution < 1.29 is 19.1 Å². The van der Waals surface area contributed by atoms with Crippen LogP contribution in [0.25, 0.3) is 0 Å². The first kappa shape index (κ1) is 27.2. The summed E-state index contributed by atoms with van der Waals surface area (Å²) < 4.78 is 12.4. The van der Waals surface area contributed by atoms with Gasteiger partial charge in [-0.3, -0.25) is 9.59 Å². The molecule has 1 aromatic carbocycles. The van der Waals surface area contributed by atoms with Gasteiger partial charge in [-0.05, 0) is 77.0 Å². The molecule has 1 aromatic rings. The zero-order valence-corrected chi connectivity index (χ0v) is 22.7. The molecule has 0 saturated carbocycles. The summed E-state index contributed by atoms with van der Waals surface area (Å²) in [5, 5.41) is 0. The van der Waals surface area contributed by atoms with Crippen molar-refractivity contribution in [3.8, 4) is 11.5 Å². The number of ether oxygens (including phenoxy) is 2. The Kier molecular flexibility index (Phi) is 9.01. The van der Waals surface area contributed by atoms with Gasteiger partial charge in [-0.15, -0.1) is 0 Å². The van der Waals surface area contributed by atoms with Crippen LogP contribution >= 0.6 is 0 Å². The maximum Gasteiger partial charge on any atom is 0.317 e. The second-order valence-electron chi connectivity index (χ2n) is 11.1. The fourth-order valence-corrected chi connectivity index (χ4v) is 5.44. The van der Waals surface area contributed by atoms with Gasteiger partial charge in [0.1, 0.15) is 23.0 Å². The highest BCUT2D eigenvalue weighted by Gasteiger charge is 2.39. The third-order valence-corrected chi connectivity index (χ3v) is 7.78. The first-order valence-electron chi connectivity index (χ1n) is 13.6. The molecule has 0 amide bonds. The van der Waals surface area contributed by atoms with E-state index in [1.807, 2.05) is 33.8 Å². The largest absolute Gasteiger partial charge is 0.462 e. The topological polar surface area (TPSA) is 52.6 Å². The first-order chi connectivity index (χ1) is 16.6. The standard InChI is InChI=1S/C31H44O4/c1-8-11-12-13-22-17-27-29(25-16-20(4)14-15-24(25)21(5)34-27)28(18-22)35-30(33)31(6,7)19-26(32)23(9-2)10-3/h16-18,23-25H,5,8-15,19H2,1-4,6-7H3/t24-,25+/m0/s1. The third-order valence-electron chi connectivity index (χ3n) is 7.78. The molecule has 0 spiro atoms. The summed E-state index contributed by atoms with van der Waals surface area (Å²) in [6.07, 6.45) is 10.3. The summed E-state index contributed by atoms with van der Waals surface area (Å²) in [5.74, 6) is 2.17. The number of hydrogen-bond donors (Lipinski definition) is 0. The minimum absolute atomic E-state index is 0.00718. The van der Waals surface area contributed by atoms with Gasteiger partial charge < -0.3 is 9.47 Å². The number of fused-ring (bicyclic) bond motifs is 3. The van der Waals surface area contributed by atoms with Crippen molar-refractivity contribution in [2.24, 2.45) is 17.3 Å². The van der Waals surface area contributed by atoms with E-state index in [1.54, 1.807) is 0 Å². The summed E-state index contributed by atoms with van der Waals surface area (Å²) in [6.45, 7) is 16.3. The normalized spacial score (nSPS) is 19.5. The fourth-order valence-electron chi connectivity index (χ4n) is 5.44. The lowest BCUT2D eigenvalue weighted by Crippen LogP contribution is -2.34. The summed E-state index contributed by atoms with van der Waals surface area (Å²) in [4.78, 5) is 26.3. The van der Waals surface area contributed by atoms with E-state index in [0.29, 0.717) is 5.75 Å². The predicted octanol–water partition coefficient (Wildman–Crippen LogP) is 8.09. The maximum absolute atomic E-state index is 13.5. The lowest BCUT2D eigenvalue weighted by Gasteiger charge is -2.37. The molecule has 0 N–H and O–H groups in total. The van der Waals surface area contributed by atoms with Crippen LogP contribution in [-0.4, -0.2) is 11.8 Å². The van der Waals surface area contributed by atoms with E-state index in [2.05, 4.69) is 32.6 Å². The van der Waals surface area contributed by atoms with Crippen LogP contribution in [0.2, 0.25) is 0 Å². The van der Waals surface area contributed by atoms with Crippen molar-refractivity contribution in [1.29, 1.82) is 0 Å². The van der Waals surface area contributed by atoms with Gasteiger partial charge in [0.15, 0.2) is 0 Å². The number of benzene rings is 1. The predicted molar refractivity (Wildman–Crippen MR) is 142 cm³/mol. The molecule has 0 radical (unpaired) electrons. The smallest absolute Gasteiger partial charge is 0.317 e. The van der Waals surface area contributed by atoms with Crippen LogP contribution in [0.3, 0.4) is 0 Å². The lowest BCUT2D eigenvalue weighted by atomic mass is 9.74. The highest BCUT2D eigenvalue weighted by molar-refractivity contribution is 5.89. The van der Waals surface area contributed by atoms with Crippen molar-refractivity contribution >= 4 is 11.8 Å². The number of unbranched alkanes of at least 4 members (excludes halogenated alkanes) is 2. The van der Waals surface area contributed by atoms with Gasteiger partial charge in [0, 0.05) is 29.7 Å². The number of Topliss-reactive ketones (excluding diaryl/α,β-unsaturated/α-hetero) is 1. The molecular formula is C31H44O4. The van der Waals surface area contributed by atoms with Gasteiger partial charge in [0.25, 0.3) is 0 Å². The molecule has 0 unspecified atom stereocenters. The number of hydrogen-bond acceptors (Lipinski definition) is 4. The summed E-state index contributed by atoms with van der Waals surface area (Å²) in [7, 11) is 0. The molecule has 0 fully saturated rings. The van der Waals surface area contributed by atoms with E-state index < -0.39 is 5.41 Å². The highest BCUT2D eigenvalue weighted by atomic mass is 16.5. The zero-order chi connectivity index (χ0) is 25.8.